The first-order valence-corrected chi connectivity index (χ1v) is 9.23. The molecule has 1 N–H and O–H groups in total. The summed E-state index contributed by atoms with van der Waals surface area (Å²) in [6, 6.07) is 10.4. The van der Waals surface area contributed by atoms with Gasteiger partial charge in [-0.05, 0) is 57.5 Å². The Balaban J connectivity index is 0.00000280. The van der Waals surface area contributed by atoms with Crippen molar-refractivity contribution in [3.05, 3.63) is 69.5 Å². The van der Waals surface area contributed by atoms with Crippen LogP contribution in [0.1, 0.15) is 40.9 Å². The number of benzene rings is 1. The smallest absolute Gasteiger partial charge is 0.273 e. The standard InChI is InChI=1S/C20H24N4O3.ClH/c1-15-7-8-16(13-19(15)24(26)27)20(25)23(14-17-5-2-3-11-22-17)18-6-4-10-21-12-9-18;/h2-3,5,7-8,11,13,18,21H,4,6,9-10,12,14H2,1H3;1H. The summed E-state index contributed by atoms with van der Waals surface area (Å²) in [5.74, 6) is -0.185. The van der Waals surface area contributed by atoms with E-state index in [1.54, 1.807) is 25.3 Å². The lowest BCUT2D eigenvalue weighted by Gasteiger charge is -2.31. The van der Waals surface area contributed by atoms with Gasteiger partial charge in [0.2, 0.25) is 0 Å². The van der Waals surface area contributed by atoms with Crippen molar-refractivity contribution in [2.24, 2.45) is 0 Å². The molecular formula is C20H25ClN4O3. The van der Waals surface area contributed by atoms with Gasteiger partial charge >= 0.3 is 0 Å². The molecule has 0 bridgehead atoms. The van der Waals surface area contributed by atoms with E-state index < -0.39 is 4.92 Å². The van der Waals surface area contributed by atoms with Crippen LogP contribution in [0, 0.1) is 17.0 Å². The van der Waals surface area contributed by atoms with Crippen molar-refractivity contribution in [3.8, 4) is 0 Å². The Morgan fingerprint density at radius 1 is 1.29 bits per heavy atom. The third kappa shape index (κ3) is 5.27. The molecule has 1 aromatic carbocycles. The lowest BCUT2D eigenvalue weighted by atomic mass is 10.0. The molecule has 150 valence electrons. The van der Waals surface area contributed by atoms with Gasteiger partial charge < -0.3 is 10.2 Å². The molecule has 3 rings (SSSR count). The highest BCUT2D eigenvalue weighted by Crippen LogP contribution is 2.23. The largest absolute Gasteiger partial charge is 0.330 e. The van der Waals surface area contributed by atoms with Crippen molar-refractivity contribution < 1.29 is 9.72 Å². The minimum absolute atomic E-state index is 0. The minimum Gasteiger partial charge on any atom is -0.330 e. The average molecular weight is 405 g/mol. The van der Waals surface area contributed by atoms with Crippen molar-refractivity contribution in [2.75, 3.05) is 13.1 Å². The maximum absolute atomic E-state index is 13.3. The molecule has 0 radical (unpaired) electrons. The van der Waals surface area contributed by atoms with Gasteiger partial charge in [0, 0.05) is 29.4 Å². The van der Waals surface area contributed by atoms with Gasteiger partial charge in [0.1, 0.15) is 0 Å². The number of carbonyl (C=O) groups is 1. The predicted octanol–water partition coefficient (Wildman–Crippen LogP) is 3.50. The van der Waals surface area contributed by atoms with Crippen molar-refractivity contribution in [1.82, 2.24) is 15.2 Å². The Morgan fingerprint density at radius 2 is 2.11 bits per heavy atom. The second-order valence-corrected chi connectivity index (χ2v) is 6.85. The molecule has 7 nitrogen and oxygen atoms in total. The highest BCUT2D eigenvalue weighted by atomic mass is 35.5. The molecule has 1 atom stereocenters. The molecule has 2 heterocycles. The number of hydrogen-bond acceptors (Lipinski definition) is 5. The highest BCUT2D eigenvalue weighted by molar-refractivity contribution is 5.95. The van der Waals surface area contributed by atoms with E-state index >= 15 is 0 Å². The van der Waals surface area contributed by atoms with E-state index in [1.165, 1.54) is 6.07 Å². The van der Waals surface area contributed by atoms with Crippen molar-refractivity contribution >= 4 is 24.0 Å². The number of rotatable bonds is 5. The van der Waals surface area contributed by atoms with Crippen molar-refractivity contribution in [2.45, 2.75) is 38.8 Å². The summed E-state index contributed by atoms with van der Waals surface area (Å²) in [4.78, 5) is 30.3. The number of halogens is 1. The number of aromatic nitrogens is 1. The predicted molar refractivity (Wildman–Crippen MR) is 110 cm³/mol. The summed E-state index contributed by atoms with van der Waals surface area (Å²) in [6.45, 7) is 3.86. The van der Waals surface area contributed by atoms with Gasteiger partial charge in [-0.1, -0.05) is 12.1 Å². The van der Waals surface area contributed by atoms with E-state index in [1.807, 2.05) is 23.1 Å². The number of hydrogen-bond donors (Lipinski definition) is 1. The molecule has 28 heavy (non-hydrogen) atoms. The maximum Gasteiger partial charge on any atom is 0.273 e. The van der Waals surface area contributed by atoms with E-state index in [2.05, 4.69) is 10.3 Å². The van der Waals surface area contributed by atoms with Gasteiger partial charge in [-0.2, -0.15) is 0 Å². The maximum atomic E-state index is 13.3. The van der Waals surface area contributed by atoms with E-state index in [9.17, 15) is 14.9 Å². The normalized spacial score (nSPS) is 16.5. The highest BCUT2D eigenvalue weighted by Gasteiger charge is 2.27. The molecule has 8 heteroatoms. The molecule has 0 saturated carbocycles. The molecule has 1 aliphatic rings. The topological polar surface area (TPSA) is 88.4 Å². The monoisotopic (exact) mass is 404 g/mol. The molecule has 1 unspecified atom stereocenters. The second kappa shape index (κ2) is 10.1. The van der Waals surface area contributed by atoms with Crippen LogP contribution in [-0.2, 0) is 6.54 Å². The number of nitro benzene ring substituents is 1. The van der Waals surface area contributed by atoms with E-state index in [0.717, 1.165) is 38.0 Å². The van der Waals surface area contributed by atoms with Crippen molar-refractivity contribution in [1.29, 1.82) is 0 Å². The lowest BCUT2D eigenvalue weighted by Crippen LogP contribution is -2.40. The Labute approximate surface area is 170 Å². The number of carbonyl (C=O) groups excluding carboxylic acids is 1. The summed E-state index contributed by atoms with van der Waals surface area (Å²) >= 11 is 0. The Morgan fingerprint density at radius 3 is 2.82 bits per heavy atom. The Bertz CT molecular complexity index is 808. The van der Waals surface area contributed by atoms with Crippen LogP contribution in [0.5, 0.6) is 0 Å². The fourth-order valence-corrected chi connectivity index (χ4v) is 3.45. The fraction of sp³-hybridized carbons (Fsp3) is 0.400. The number of nitrogens with zero attached hydrogens (tertiary/aromatic N) is 3. The van der Waals surface area contributed by atoms with E-state index in [-0.39, 0.29) is 30.0 Å². The molecular weight excluding hydrogens is 380 g/mol. The number of aryl methyl sites for hydroxylation is 1. The zero-order valence-corrected chi connectivity index (χ0v) is 16.7. The summed E-state index contributed by atoms with van der Waals surface area (Å²) < 4.78 is 0. The zero-order valence-electron chi connectivity index (χ0n) is 15.8. The van der Waals surface area contributed by atoms with Crippen LogP contribution in [-0.4, -0.2) is 39.8 Å². The molecule has 1 saturated heterocycles. The molecule has 1 aromatic heterocycles. The van der Waals surface area contributed by atoms with Crippen LogP contribution in [0.25, 0.3) is 0 Å². The lowest BCUT2D eigenvalue weighted by molar-refractivity contribution is -0.385. The van der Waals surface area contributed by atoms with Gasteiger partial charge in [0.25, 0.3) is 11.6 Å². The first-order valence-electron chi connectivity index (χ1n) is 9.23. The van der Waals surface area contributed by atoms with Crippen LogP contribution >= 0.6 is 12.4 Å². The SMILES string of the molecule is Cc1ccc(C(=O)N(Cc2ccccn2)C2CCCNCC2)cc1[N+](=O)[O-].Cl. The zero-order chi connectivity index (χ0) is 19.2. The van der Waals surface area contributed by atoms with Crippen LogP contribution < -0.4 is 5.32 Å². The summed E-state index contributed by atoms with van der Waals surface area (Å²) in [5.41, 5.74) is 1.68. The number of pyridine rings is 1. The van der Waals surface area contributed by atoms with E-state index in [0.29, 0.717) is 17.7 Å². The minimum atomic E-state index is -0.440. The van der Waals surface area contributed by atoms with Crippen LogP contribution in [0.2, 0.25) is 0 Å². The fourth-order valence-electron chi connectivity index (χ4n) is 3.45. The van der Waals surface area contributed by atoms with Crippen molar-refractivity contribution in [3.63, 3.8) is 0 Å². The van der Waals surface area contributed by atoms with Gasteiger partial charge in [-0.3, -0.25) is 19.9 Å². The Hall–Kier alpha value is -2.51. The van der Waals surface area contributed by atoms with Crippen LogP contribution in [0.4, 0.5) is 5.69 Å². The number of nitro groups is 1. The third-order valence-corrected chi connectivity index (χ3v) is 4.96. The molecule has 2 aromatic rings. The summed E-state index contributed by atoms with van der Waals surface area (Å²) in [5, 5.41) is 14.6. The van der Waals surface area contributed by atoms with Gasteiger partial charge in [0.15, 0.2) is 0 Å². The molecule has 1 amide bonds. The van der Waals surface area contributed by atoms with Gasteiger partial charge in [0.05, 0.1) is 17.2 Å². The number of nitrogens with one attached hydrogen (secondary N) is 1. The first-order chi connectivity index (χ1) is 13.1. The average Bonchev–Trinajstić information content (AvgIpc) is 2.96. The van der Waals surface area contributed by atoms with Crippen LogP contribution in [0.3, 0.4) is 0 Å². The molecule has 1 fully saturated rings. The summed E-state index contributed by atoms with van der Waals surface area (Å²) in [7, 11) is 0. The van der Waals surface area contributed by atoms with Crippen LogP contribution in [0.15, 0.2) is 42.6 Å². The quantitative estimate of drug-likeness (QED) is 0.608. The molecule has 0 spiro atoms. The van der Waals surface area contributed by atoms with Gasteiger partial charge in [-0.25, -0.2) is 0 Å². The third-order valence-electron chi connectivity index (χ3n) is 4.96. The van der Waals surface area contributed by atoms with Gasteiger partial charge in [-0.15, -0.1) is 12.4 Å². The summed E-state index contributed by atoms with van der Waals surface area (Å²) in [6.07, 6.45) is 4.46. The first kappa shape index (κ1) is 21.8. The molecule has 0 aliphatic carbocycles. The Kier molecular flexibility index (Phi) is 7.90. The second-order valence-electron chi connectivity index (χ2n) is 6.85. The molecule has 1 aliphatic heterocycles. The van der Waals surface area contributed by atoms with E-state index in [4.69, 9.17) is 0 Å². The number of amides is 1.